The van der Waals surface area contributed by atoms with E-state index < -0.39 is 0 Å². The zero-order valence-corrected chi connectivity index (χ0v) is 13.3. The molecule has 2 nitrogen and oxygen atoms in total. The summed E-state index contributed by atoms with van der Waals surface area (Å²) < 4.78 is 11.5. The largest absolute Gasteiger partial charge is 0.488 e. The van der Waals surface area contributed by atoms with Crippen molar-refractivity contribution in [2.45, 2.75) is 38.2 Å². The van der Waals surface area contributed by atoms with Crippen LogP contribution in [0.1, 0.15) is 27.7 Å². The van der Waals surface area contributed by atoms with Gasteiger partial charge < -0.3 is 9.47 Å². The van der Waals surface area contributed by atoms with Gasteiger partial charge in [-0.3, -0.25) is 0 Å². The first-order valence-corrected chi connectivity index (χ1v) is 7.70. The molecule has 0 aromatic heterocycles. The lowest BCUT2D eigenvalue weighted by atomic mass is 10.2. The van der Waals surface area contributed by atoms with Gasteiger partial charge in [-0.25, -0.2) is 0 Å². The van der Waals surface area contributed by atoms with Crippen molar-refractivity contribution in [3.8, 4) is 5.75 Å². The number of hydrogen-bond donors (Lipinski definition) is 0. The second-order valence-electron chi connectivity index (χ2n) is 5.41. The van der Waals surface area contributed by atoms with E-state index in [1.165, 1.54) is 10.5 Å². The minimum atomic E-state index is -0.0958. The summed E-state index contributed by atoms with van der Waals surface area (Å²) >= 11 is 1.70. The van der Waals surface area contributed by atoms with Crippen molar-refractivity contribution in [2.24, 2.45) is 0 Å². The van der Waals surface area contributed by atoms with Crippen molar-refractivity contribution in [3.63, 3.8) is 0 Å². The van der Waals surface area contributed by atoms with Crippen molar-refractivity contribution >= 4 is 11.8 Å². The SMILES string of the molecule is CSc1ccccc1OC/C=C(\C)COC(C)(C)C. The topological polar surface area (TPSA) is 18.5 Å². The van der Waals surface area contributed by atoms with Crippen LogP contribution in [-0.2, 0) is 4.74 Å². The zero-order chi connectivity index (χ0) is 14.3. The normalized spacial score (nSPS) is 12.6. The molecule has 0 N–H and O–H groups in total. The molecule has 1 rings (SSSR count). The highest BCUT2D eigenvalue weighted by Gasteiger charge is 2.09. The Morgan fingerprint density at radius 3 is 2.58 bits per heavy atom. The van der Waals surface area contributed by atoms with E-state index >= 15 is 0 Å². The second-order valence-corrected chi connectivity index (χ2v) is 6.26. The van der Waals surface area contributed by atoms with Gasteiger partial charge in [-0.05, 0) is 57.7 Å². The van der Waals surface area contributed by atoms with Gasteiger partial charge in [0.25, 0.3) is 0 Å². The van der Waals surface area contributed by atoms with Crippen LogP contribution < -0.4 is 4.74 Å². The predicted octanol–water partition coefficient (Wildman–Crippen LogP) is 4.55. The summed E-state index contributed by atoms with van der Waals surface area (Å²) in [5, 5.41) is 0. The summed E-state index contributed by atoms with van der Waals surface area (Å²) in [4.78, 5) is 1.17. The molecule has 0 atom stereocenters. The minimum absolute atomic E-state index is 0.0958. The molecule has 0 radical (unpaired) electrons. The quantitative estimate of drug-likeness (QED) is 0.562. The molecule has 0 unspecified atom stereocenters. The Hall–Kier alpha value is -0.930. The van der Waals surface area contributed by atoms with Crippen LogP contribution in [-0.4, -0.2) is 25.1 Å². The lowest BCUT2D eigenvalue weighted by Gasteiger charge is -2.19. The van der Waals surface area contributed by atoms with Gasteiger partial charge in [-0.15, -0.1) is 11.8 Å². The van der Waals surface area contributed by atoms with Gasteiger partial charge in [0.1, 0.15) is 12.4 Å². The molecule has 19 heavy (non-hydrogen) atoms. The first kappa shape index (κ1) is 16.1. The van der Waals surface area contributed by atoms with Crippen LogP contribution >= 0.6 is 11.8 Å². The van der Waals surface area contributed by atoms with E-state index in [1.807, 2.05) is 18.2 Å². The smallest absolute Gasteiger partial charge is 0.133 e. The number of rotatable bonds is 6. The van der Waals surface area contributed by atoms with Crippen LogP contribution in [0.15, 0.2) is 40.8 Å². The Balaban J connectivity index is 2.44. The Morgan fingerprint density at radius 2 is 1.95 bits per heavy atom. The number of thioether (sulfide) groups is 1. The highest BCUT2D eigenvalue weighted by molar-refractivity contribution is 7.98. The molecule has 0 amide bonds. The second kappa shape index (κ2) is 7.61. The van der Waals surface area contributed by atoms with E-state index in [-0.39, 0.29) is 5.60 Å². The molecule has 0 bridgehead atoms. The maximum atomic E-state index is 5.78. The molecule has 0 saturated heterocycles. The molecular formula is C16H24O2S. The van der Waals surface area contributed by atoms with Gasteiger partial charge in [0, 0.05) is 4.90 Å². The van der Waals surface area contributed by atoms with E-state index in [1.54, 1.807) is 11.8 Å². The van der Waals surface area contributed by atoms with Crippen molar-refractivity contribution in [2.75, 3.05) is 19.5 Å². The molecule has 0 fully saturated rings. The summed E-state index contributed by atoms with van der Waals surface area (Å²) in [6.07, 6.45) is 4.13. The van der Waals surface area contributed by atoms with Crippen molar-refractivity contribution < 1.29 is 9.47 Å². The average Bonchev–Trinajstić information content (AvgIpc) is 2.36. The summed E-state index contributed by atoms with van der Waals surface area (Å²) in [6.45, 7) is 9.48. The maximum absolute atomic E-state index is 5.78. The Labute approximate surface area is 121 Å². The van der Waals surface area contributed by atoms with Crippen LogP contribution in [0.3, 0.4) is 0 Å². The summed E-state index contributed by atoms with van der Waals surface area (Å²) in [5.41, 5.74) is 1.10. The lowest BCUT2D eigenvalue weighted by molar-refractivity contribution is 0.0110. The number of para-hydroxylation sites is 1. The number of benzene rings is 1. The van der Waals surface area contributed by atoms with Crippen LogP contribution in [0, 0.1) is 0 Å². The Kier molecular flexibility index (Phi) is 6.46. The van der Waals surface area contributed by atoms with Crippen molar-refractivity contribution in [1.82, 2.24) is 0 Å². The molecule has 1 aromatic rings. The van der Waals surface area contributed by atoms with E-state index in [4.69, 9.17) is 9.47 Å². The average molecular weight is 280 g/mol. The molecule has 0 spiro atoms. The van der Waals surface area contributed by atoms with Crippen molar-refractivity contribution in [1.29, 1.82) is 0 Å². The third-order valence-corrected chi connectivity index (χ3v) is 3.25. The number of hydrogen-bond acceptors (Lipinski definition) is 3. The van der Waals surface area contributed by atoms with Gasteiger partial charge >= 0.3 is 0 Å². The molecule has 0 aliphatic carbocycles. The molecule has 1 aromatic carbocycles. The molecular weight excluding hydrogens is 256 g/mol. The maximum Gasteiger partial charge on any atom is 0.133 e. The fraction of sp³-hybridized carbons (Fsp3) is 0.500. The summed E-state index contributed by atoms with van der Waals surface area (Å²) in [6, 6.07) is 8.09. The lowest BCUT2D eigenvalue weighted by Crippen LogP contribution is -2.20. The molecule has 0 heterocycles. The standard InChI is InChI=1S/C16H24O2S/c1-13(12-18-16(2,3)4)10-11-17-14-8-6-7-9-15(14)19-5/h6-10H,11-12H2,1-5H3/b13-10+. The molecule has 0 saturated carbocycles. The Bertz CT molecular complexity index is 419. The van der Waals surface area contributed by atoms with Gasteiger partial charge in [0.2, 0.25) is 0 Å². The molecule has 3 heteroatoms. The van der Waals surface area contributed by atoms with E-state index in [0.717, 1.165) is 5.75 Å². The number of ether oxygens (including phenoxy) is 2. The first-order valence-electron chi connectivity index (χ1n) is 6.48. The van der Waals surface area contributed by atoms with E-state index in [9.17, 15) is 0 Å². The highest BCUT2D eigenvalue weighted by atomic mass is 32.2. The van der Waals surface area contributed by atoms with Gasteiger partial charge in [-0.1, -0.05) is 12.1 Å². The van der Waals surface area contributed by atoms with E-state index in [0.29, 0.717) is 13.2 Å². The fourth-order valence-corrected chi connectivity index (χ4v) is 1.94. The van der Waals surface area contributed by atoms with Gasteiger partial charge in [0.15, 0.2) is 0 Å². The van der Waals surface area contributed by atoms with Crippen LogP contribution in [0.4, 0.5) is 0 Å². The zero-order valence-electron chi connectivity index (χ0n) is 12.5. The Morgan fingerprint density at radius 1 is 1.26 bits per heavy atom. The summed E-state index contributed by atoms with van der Waals surface area (Å²) in [5.74, 6) is 0.941. The fourth-order valence-electron chi connectivity index (χ4n) is 1.40. The van der Waals surface area contributed by atoms with Gasteiger partial charge in [-0.2, -0.15) is 0 Å². The third-order valence-electron chi connectivity index (χ3n) is 2.47. The monoisotopic (exact) mass is 280 g/mol. The predicted molar refractivity (Wildman–Crippen MR) is 83.2 cm³/mol. The van der Waals surface area contributed by atoms with Crippen LogP contribution in [0.2, 0.25) is 0 Å². The van der Waals surface area contributed by atoms with Crippen LogP contribution in [0.5, 0.6) is 5.75 Å². The first-order chi connectivity index (χ1) is 8.92. The minimum Gasteiger partial charge on any atom is -0.488 e. The third kappa shape index (κ3) is 6.69. The molecule has 0 aliphatic rings. The van der Waals surface area contributed by atoms with Crippen molar-refractivity contribution in [3.05, 3.63) is 35.9 Å². The van der Waals surface area contributed by atoms with Crippen LogP contribution in [0.25, 0.3) is 0 Å². The van der Waals surface area contributed by atoms with E-state index in [2.05, 4.69) is 46.1 Å². The molecule has 106 valence electrons. The highest BCUT2D eigenvalue weighted by Crippen LogP contribution is 2.26. The molecule has 0 aliphatic heterocycles. The summed E-state index contributed by atoms with van der Waals surface area (Å²) in [7, 11) is 0. The van der Waals surface area contributed by atoms with Gasteiger partial charge in [0.05, 0.1) is 12.2 Å².